The van der Waals surface area contributed by atoms with Crippen molar-refractivity contribution in [3.05, 3.63) is 127 Å². The van der Waals surface area contributed by atoms with E-state index >= 15 is 0 Å². The van der Waals surface area contributed by atoms with E-state index < -0.39 is 0 Å². The van der Waals surface area contributed by atoms with Gasteiger partial charge >= 0.3 is 0 Å². The lowest BCUT2D eigenvalue weighted by Crippen LogP contribution is -2.03. The van der Waals surface area contributed by atoms with Gasteiger partial charge in [-0.2, -0.15) is 0 Å². The minimum Gasteiger partial charge on any atom is -0.292 e. The zero-order chi connectivity index (χ0) is 24.3. The van der Waals surface area contributed by atoms with Crippen LogP contribution >= 0.6 is 0 Å². The molecule has 0 aliphatic heterocycles. The lowest BCUT2D eigenvalue weighted by Gasteiger charge is -2.14. The summed E-state index contributed by atoms with van der Waals surface area (Å²) >= 11 is 0. The first kappa shape index (κ1) is 20.2. The van der Waals surface area contributed by atoms with Crippen molar-refractivity contribution >= 4 is 54.4 Å². The van der Waals surface area contributed by atoms with Crippen molar-refractivity contribution < 1.29 is 0 Å². The molecule has 0 spiro atoms. The van der Waals surface area contributed by atoms with E-state index in [-0.39, 0.29) is 0 Å². The lowest BCUT2D eigenvalue weighted by atomic mass is 10.0. The van der Waals surface area contributed by atoms with Crippen molar-refractivity contribution in [1.82, 2.24) is 14.5 Å². The van der Waals surface area contributed by atoms with Crippen molar-refractivity contribution in [3.63, 3.8) is 0 Å². The summed E-state index contributed by atoms with van der Waals surface area (Å²) in [5, 5.41) is 7.34. The Morgan fingerprint density at radius 1 is 0.459 bits per heavy atom. The molecule has 0 radical (unpaired) electrons. The molecule has 0 N–H and O–H groups in total. The van der Waals surface area contributed by atoms with E-state index in [2.05, 4.69) is 108 Å². The molecule has 6 aromatic carbocycles. The number of para-hydroxylation sites is 3. The summed E-state index contributed by atoms with van der Waals surface area (Å²) in [6, 6.07) is 44.8. The van der Waals surface area contributed by atoms with Gasteiger partial charge in [-0.1, -0.05) is 97.1 Å². The molecule has 0 fully saturated rings. The maximum absolute atomic E-state index is 5.25. The quantitative estimate of drug-likeness (QED) is 0.252. The summed E-state index contributed by atoms with van der Waals surface area (Å²) < 4.78 is 2.29. The first-order valence-electron chi connectivity index (χ1n) is 12.5. The van der Waals surface area contributed by atoms with E-state index in [0.717, 1.165) is 39.1 Å². The van der Waals surface area contributed by atoms with Crippen LogP contribution in [0.25, 0.3) is 71.5 Å². The van der Waals surface area contributed by atoms with Crippen LogP contribution in [-0.2, 0) is 0 Å². The van der Waals surface area contributed by atoms with Crippen LogP contribution in [0.2, 0.25) is 0 Å². The summed E-state index contributed by atoms with van der Waals surface area (Å²) in [7, 11) is 0. The Bertz CT molecular complexity index is 2150. The highest BCUT2D eigenvalue weighted by atomic mass is 15.1. The molecular formula is C34H21N3. The molecule has 0 bridgehead atoms. The number of hydrogen-bond donors (Lipinski definition) is 0. The molecule has 0 aliphatic rings. The smallest absolute Gasteiger partial charge is 0.165 e. The zero-order valence-electron chi connectivity index (χ0n) is 20.0. The fourth-order valence-corrected chi connectivity index (χ4v) is 5.64. The van der Waals surface area contributed by atoms with E-state index in [1.54, 1.807) is 0 Å². The van der Waals surface area contributed by atoms with E-state index in [4.69, 9.17) is 9.97 Å². The Kier molecular flexibility index (Phi) is 4.23. The summed E-state index contributed by atoms with van der Waals surface area (Å²) in [6.07, 6.45) is 0. The van der Waals surface area contributed by atoms with Gasteiger partial charge in [-0.25, -0.2) is 9.97 Å². The van der Waals surface area contributed by atoms with Crippen LogP contribution < -0.4 is 0 Å². The topological polar surface area (TPSA) is 30.7 Å². The third kappa shape index (κ3) is 3.01. The molecule has 0 amide bonds. The second-order valence-electron chi connectivity index (χ2n) is 9.48. The molecule has 0 atom stereocenters. The van der Waals surface area contributed by atoms with Crippen molar-refractivity contribution in [2.24, 2.45) is 0 Å². The first-order chi connectivity index (χ1) is 18.3. The van der Waals surface area contributed by atoms with Crippen LogP contribution in [-0.4, -0.2) is 14.5 Å². The zero-order valence-corrected chi connectivity index (χ0v) is 20.0. The summed E-state index contributed by atoms with van der Waals surface area (Å²) in [5.41, 5.74) is 5.96. The summed E-state index contributed by atoms with van der Waals surface area (Å²) in [6.45, 7) is 0. The van der Waals surface area contributed by atoms with Gasteiger partial charge in [0.25, 0.3) is 0 Å². The molecule has 0 unspecified atom stereocenters. The maximum atomic E-state index is 5.25. The number of rotatable bonds is 2. The van der Waals surface area contributed by atoms with Gasteiger partial charge in [-0.05, 0) is 51.9 Å². The molecule has 2 aromatic heterocycles. The van der Waals surface area contributed by atoms with Crippen LogP contribution in [0.1, 0.15) is 0 Å². The highest BCUT2D eigenvalue weighted by Crippen LogP contribution is 2.39. The van der Waals surface area contributed by atoms with E-state index in [1.165, 1.54) is 32.3 Å². The van der Waals surface area contributed by atoms with Gasteiger partial charge in [-0.15, -0.1) is 0 Å². The minimum atomic E-state index is 0.843. The van der Waals surface area contributed by atoms with Crippen molar-refractivity contribution in [3.8, 4) is 17.1 Å². The molecule has 0 saturated carbocycles. The van der Waals surface area contributed by atoms with Crippen LogP contribution in [0.3, 0.4) is 0 Å². The minimum absolute atomic E-state index is 0.843. The third-order valence-corrected chi connectivity index (χ3v) is 7.35. The molecular weight excluding hydrogens is 450 g/mol. The van der Waals surface area contributed by atoms with Crippen molar-refractivity contribution in [2.75, 3.05) is 0 Å². The van der Waals surface area contributed by atoms with Crippen molar-refractivity contribution in [1.29, 1.82) is 0 Å². The number of aromatic nitrogens is 3. The number of benzene rings is 6. The molecule has 3 heteroatoms. The molecule has 8 aromatic rings. The lowest BCUT2D eigenvalue weighted by molar-refractivity contribution is 1.08. The second-order valence-corrected chi connectivity index (χ2v) is 9.48. The van der Waals surface area contributed by atoms with Crippen molar-refractivity contribution in [2.45, 2.75) is 0 Å². The van der Waals surface area contributed by atoms with Gasteiger partial charge in [0.15, 0.2) is 5.82 Å². The Balaban J connectivity index is 1.54. The van der Waals surface area contributed by atoms with Crippen LogP contribution in [0, 0.1) is 0 Å². The average molecular weight is 472 g/mol. The van der Waals surface area contributed by atoms with Crippen LogP contribution in [0.5, 0.6) is 0 Å². The Labute approximate surface area is 213 Å². The van der Waals surface area contributed by atoms with Crippen LogP contribution in [0.15, 0.2) is 127 Å². The average Bonchev–Trinajstić information content (AvgIpc) is 3.31. The predicted octanol–water partition coefficient (Wildman–Crippen LogP) is 8.70. The number of nitrogens with zero attached hydrogens (tertiary/aromatic N) is 3. The molecule has 8 rings (SSSR count). The molecule has 0 saturated heterocycles. The maximum Gasteiger partial charge on any atom is 0.165 e. The fourth-order valence-electron chi connectivity index (χ4n) is 5.64. The van der Waals surface area contributed by atoms with E-state index in [0.29, 0.717) is 0 Å². The summed E-state index contributed by atoms with van der Waals surface area (Å²) in [4.78, 5) is 10.5. The van der Waals surface area contributed by atoms with Gasteiger partial charge in [0.2, 0.25) is 0 Å². The first-order valence-corrected chi connectivity index (χ1v) is 12.5. The second kappa shape index (κ2) is 7.74. The number of hydrogen-bond acceptors (Lipinski definition) is 2. The normalized spacial score (nSPS) is 11.8. The Morgan fingerprint density at radius 2 is 1.11 bits per heavy atom. The van der Waals surface area contributed by atoms with Gasteiger partial charge in [0.05, 0.1) is 22.1 Å². The molecule has 3 nitrogen and oxygen atoms in total. The molecule has 172 valence electrons. The monoisotopic (exact) mass is 471 g/mol. The standard InChI is InChI=1S/C34H21N3/c1-2-11-24-21-25(18-17-22(24)9-1)33-34(36-29-15-7-6-14-28(29)35-33)37-30-16-8-5-13-27(30)32-26-12-4-3-10-23(26)19-20-31(32)37/h1-21H. The molecule has 0 aliphatic carbocycles. The highest BCUT2D eigenvalue weighted by Gasteiger charge is 2.20. The summed E-state index contributed by atoms with van der Waals surface area (Å²) in [5.74, 6) is 0.843. The largest absolute Gasteiger partial charge is 0.292 e. The molecule has 37 heavy (non-hydrogen) atoms. The van der Waals surface area contributed by atoms with Gasteiger partial charge in [0.1, 0.15) is 5.69 Å². The van der Waals surface area contributed by atoms with Gasteiger partial charge < -0.3 is 0 Å². The van der Waals surface area contributed by atoms with Gasteiger partial charge in [-0.3, -0.25) is 4.57 Å². The third-order valence-electron chi connectivity index (χ3n) is 7.35. The van der Waals surface area contributed by atoms with Crippen LogP contribution in [0.4, 0.5) is 0 Å². The molecule has 2 heterocycles. The predicted molar refractivity (Wildman–Crippen MR) is 154 cm³/mol. The van der Waals surface area contributed by atoms with E-state index in [1.807, 2.05) is 24.3 Å². The van der Waals surface area contributed by atoms with Gasteiger partial charge in [0, 0.05) is 16.3 Å². The fraction of sp³-hybridized carbons (Fsp3) is 0. The number of fused-ring (bicyclic) bond motifs is 7. The van der Waals surface area contributed by atoms with E-state index in [9.17, 15) is 0 Å². The Morgan fingerprint density at radius 3 is 1.97 bits per heavy atom. The Hall–Kier alpha value is -5.02. The highest BCUT2D eigenvalue weighted by molar-refractivity contribution is 6.21. The SMILES string of the molecule is c1ccc2cc(-c3nc4ccccc4nc3-n3c4ccccc4c4c5ccccc5ccc43)ccc2c1.